The summed E-state index contributed by atoms with van der Waals surface area (Å²) >= 11 is 3.39. The molecule has 3 heteroatoms. The van der Waals surface area contributed by atoms with E-state index in [2.05, 4.69) is 15.9 Å². The molecule has 0 aromatic heterocycles. The van der Waals surface area contributed by atoms with Crippen LogP contribution in [0.25, 0.3) is 0 Å². The number of aryl methyl sites for hydroxylation is 1. The molecule has 14 heavy (non-hydrogen) atoms. The van der Waals surface area contributed by atoms with Crippen LogP contribution in [0.2, 0.25) is 0 Å². The van der Waals surface area contributed by atoms with Crippen LogP contribution in [-0.2, 0) is 10.2 Å². The highest BCUT2D eigenvalue weighted by Crippen LogP contribution is 2.30. The Morgan fingerprint density at radius 3 is 2.43 bits per heavy atom. The van der Waals surface area contributed by atoms with E-state index in [4.69, 9.17) is 5.11 Å². The van der Waals surface area contributed by atoms with Crippen LogP contribution in [0.15, 0.2) is 22.7 Å². The third-order valence-electron chi connectivity index (χ3n) is 2.33. The van der Waals surface area contributed by atoms with Gasteiger partial charge in [-0.25, -0.2) is 0 Å². The van der Waals surface area contributed by atoms with Crippen LogP contribution in [0.3, 0.4) is 0 Å². The highest BCUT2D eigenvalue weighted by molar-refractivity contribution is 9.10. The van der Waals surface area contributed by atoms with Crippen LogP contribution in [-0.4, -0.2) is 11.1 Å². The van der Waals surface area contributed by atoms with Gasteiger partial charge in [-0.3, -0.25) is 4.79 Å². The first-order valence-electron chi connectivity index (χ1n) is 4.35. The zero-order valence-corrected chi connectivity index (χ0v) is 10.1. The molecule has 0 amide bonds. The van der Waals surface area contributed by atoms with Gasteiger partial charge < -0.3 is 5.11 Å². The van der Waals surface area contributed by atoms with Gasteiger partial charge in [-0.05, 0) is 38.0 Å². The molecule has 1 rings (SSSR count). The Hall–Kier alpha value is -0.830. The molecule has 0 bridgehead atoms. The molecule has 1 aromatic rings. The van der Waals surface area contributed by atoms with Gasteiger partial charge in [0.1, 0.15) is 0 Å². The van der Waals surface area contributed by atoms with Gasteiger partial charge in [0.05, 0.1) is 5.41 Å². The van der Waals surface area contributed by atoms with Crippen molar-refractivity contribution in [1.82, 2.24) is 0 Å². The number of carboxylic acids is 1. The van der Waals surface area contributed by atoms with Crippen molar-refractivity contribution in [2.24, 2.45) is 0 Å². The molecule has 0 radical (unpaired) electrons. The lowest BCUT2D eigenvalue weighted by Gasteiger charge is -2.21. The summed E-state index contributed by atoms with van der Waals surface area (Å²) in [5, 5.41) is 9.07. The molecule has 0 aliphatic carbocycles. The quantitative estimate of drug-likeness (QED) is 0.883. The molecule has 0 spiro atoms. The van der Waals surface area contributed by atoms with E-state index in [1.807, 2.05) is 25.1 Å². The minimum absolute atomic E-state index is 0.801. The first-order valence-corrected chi connectivity index (χ1v) is 5.15. The Morgan fingerprint density at radius 1 is 1.43 bits per heavy atom. The van der Waals surface area contributed by atoms with Crippen molar-refractivity contribution in [2.75, 3.05) is 0 Å². The van der Waals surface area contributed by atoms with Crippen LogP contribution in [0.5, 0.6) is 0 Å². The molecule has 0 atom stereocenters. The topological polar surface area (TPSA) is 37.3 Å². The van der Waals surface area contributed by atoms with Gasteiger partial charge in [0, 0.05) is 4.47 Å². The van der Waals surface area contributed by atoms with Crippen LogP contribution in [0.1, 0.15) is 25.0 Å². The smallest absolute Gasteiger partial charge is 0.313 e. The summed E-state index contributed by atoms with van der Waals surface area (Å²) in [7, 11) is 0. The second-order valence-corrected chi connectivity index (χ2v) is 4.77. The van der Waals surface area contributed by atoms with Gasteiger partial charge in [0.15, 0.2) is 0 Å². The maximum absolute atomic E-state index is 11.0. The van der Waals surface area contributed by atoms with Crippen molar-refractivity contribution in [2.45, 2.75) is 26.2 Å². The molecule has 0 saturated carbocycles. The van der Waals surface area contributed by atoms with Crippen molar-refractivity contribution in [3.63, 3.8) is 0 Å². The van der Waals surface area contributed by atoms with Gasteiger partial charge in [0.25, 0.3) is 0 Å². The van der Waals surface area contributed by atoms with Crippen molar-refractivity contribution >= 4 is 21.9 Å². The maximum atomic E-state index is 11.0. The molecule has 0 aliphatic rings. The number of benzene rings is 1. The molecule has 0 heterocycles. The maximum Gasteiger partial charge on any atom is 0.313 e. The molecule has 0 fully saturated rings. The fourth-order valence-corrected chi connectivity index (χ4v) is 2.23. The molecule has 2 nitrogen and oxygen atoms in total. The lowest BCUT2D eigenvalue weighted by atomic mass is 9.84. The molecular weight excluding hydrogens is 244 g/mol. The number of carboxylic acid groups (broad SMARTS) is 1. The van der Waals surface area contributed by atoms with Crippen molar-refractivity contribution in [3.05, 3.63) is 33.8 Å². The van der Waals surface area contributed by atoms with E-state index in [9.17, 15) is 4.79 Å². The van der Waals surface area contributed by atoms with Gasteiger partial charge in [-0.2, -0.15) is 0 Å². The van der Waals surface area contributed by atoms with Gasteiger partial charge in [0.2, 0.25) is 0 Å². The second-order valence-electron chi connectivity index (χ2n) is 3.91. The molecule has 1 aromatic carbocycles. The summed E-state index contributed by atoms with van der Waals surface area (Å²) < 4.78 is 0.852. The largest absolute Gasteiger partial charge is 0.481 e. The highest BCUT2D eigenvalue weighted by Gasteiger charge is 2.31. The highest BCUT2D eigenvalue weighted by atomic mass is 79.9. The zero-order valence-electron chi connectivity index (χ0n) is 8.47. The number of hydrogen-bond acceptors (Lipinski definition) is 1. The first kappa shape index (κ1) is 11.2. The van der Waals surface area contributed by atoms with E-state index in [0.717, 1.165) is 15.6 Å². The van der Waals surface area contributed by atoms with E-state index < -0.39 is 11.4 Å². The lowest BCUT2D eigenvalue weighted by Crippen LogP contribution is -2.28. The molecule has 1 N–H and O–H groups in total. The third-order valence-corrected chi connectivity index (χ3v) is 2.99. The van der Waals surface area contributed by atoms with Crippen LogP contribution in [0, 0.1) is 6.92 Å². The SMILES string of the molecule is Cc1ccc(C(C)(C)C(=O)O)c(Br)c1. The Labute approximate surface area is 92.1 Å². The Kier molecular flexibility index (Phi) is 3.00. The predicted molar refractivity (Wildman–Crippen MR) is 59.5 cm³/mol. The van der Waals surface area contributed by atoms with E-state index in [0.29, 0.717) is 0 Å². The molecule has 0 unspecified atom stereocenters. The van der Waals surface area contributed by atoms with Gasteiger partial charge in [-0.1, -0.05) is 28.1 Å². The summed E-state index contributed by atoms with van der Waals surface area (Å²) in [5.74, 6) is -0.818. The average Bonchev–Trinajstić information content (AvgIpc) is 2.02. The Bertz CT molecular complexity index is 370. The first-order chi connectivity index (χ1) is 6.35. The molecule has 76 valence electrons. The number of aliphatic carboxylic acids is 1. The monoisotopic (exact) mass is 256 g/mol. The summed E-state index contributed by atoms with van der Waals surface area (Å²) in [6.45, 7) is 5.37. The molecule has 0 saturated heterocycles. The molecule has 0 aliphatic heterocycles. The van der Waals surface area contributed by atoms with Gasteiger partial charge in [-0.15, -0.1) is 0 Å². The fraction of sp³-hybridized carbons (Fsp3) is 0.364. The normalized spacial score (nSPS) is 11.4. The predicted octanol–water partition coefficient (Wildman–Crippen LogP) is 3.12. The van der Waals surface area contributed by atoms with E-state index >= 15 is 0 Å². The molecular formula is C11H13BrO2. The van der Waals surface area contributed by atoms with E-state index in [1.54, 1.807) is 13.8 Å². The lowest BCUT2D eigenvalue weighted by molar-refractivity contribution is -0.142. The number of carbonyl (C=O) groups is 1. The van der Waals surface area contributed by atoms with Crippen LogP contribution >= 0.6 is 15.9 Å². The minimum atomic E-state index is -0.855. The van der Waals surface area contributed by atoms with E-state index in [1.165, 1.54) is 0 Å². The summed E-state index contributed by atoms with van der Waals surface area (Å²) in [6.07, 6.45) is 0. The summed E-state index contributed by atoms with van der Waals surface area (Å²) in [5.41, 5.74) is 1.06. The standard InChI is InChI=1S/C11H13BrO2/c1-7-4-5-8(9(12)6-7)11(2,3)10(13)14/h4-6H,1-3H3,(H,13,14). The van der Waals surface area contributed by atoms with Crippen molar-refractivity contribution in [1.29, 1.82) is 0 Å². The van der Waals surface area contributed by atoms with Crippen molar-refractivity contribution < 1.29 is 9.90 Å². The zero-order chi connectivity index (χ0) is 10.9. The van der Waals surface area contributed by atoms with Crippen LogP contribution in [0.4, 0.5) is 0 Å². The fourth-order valence-electron chi connectivity index (χ4n) is 1.24. The second kappa shape index (κ2) is 3.73. The summed E-state index contributed by atoms with van der Waals surface area (Å²) in [6, 6.07) is 5.71. The number of hydrogen-bond donors (Lipinski definition) is 1. The minimum Gasteiger partial charge on any atom is -0.481 e. The number of rotatable bonds is 2. The average molecular weight is 257 g/mol. The summed E-state index contributed by atoms with van der Waals surface area (Å²) in [4.78, 5) is 11.0. The van der Waals surface area contributed by atoms with E-state index in [-0.39, 0.29) is 0 Å². The Balaban J connectivity index is 3.26. The van der Waals surface area contributed by atoms with Crippen molar-refractivity contribution in [3.8, 4) is 0 Å². The van der Waals surface area contributed by atoms with Crippen LogP contribution < -0.4 is 0 Å². The third kappa shape index (κ3) is 1.98. The number of halogens is 1. The van der Waals surface area contributed by atoms with Gasteiger partial charge >= 0.3 is 5.97 Å². The Morgan fingerprint density at radius 2 is 2.00 bits per heavy atom.